The van der Waals surface area contributed by atoms with Crippen LogP contribution in [0.1, 0.15) is 5.56 Å². The van der Waals surface area contributed by atoms with Crippen molar-refractivity contribution in [3.05, 3.63) is 60.2 Å². The van der Waals surface area contributed by atoms with E-state index in [1.807, 2.05) is 54.6 Å². The minimum Gasteiger partial charge on any atom is -0.497 e. The number of hydrazone groups is 1. The lowest BCUT2D eigenvalue weighted by molar-refractivity contribution is -0.118. The zero-order valence-electron chi connectivity index (χ0n) is 11.7. The largest absolute Gasteiger partial charge is 0.497 e. The molecule has 0 atom stereocenters. The number of methoxy groups -OCH3 is 1. The molecule has 0 spiro atoms. The maximum absolute atomic E-state index is 11.7. The average Bonchev–Trinajstić information content (AvgIpc) is 2.54. The van der Waals surface area contributed by atoms with Crippen molar-refractivity contribution < 1.29 is 9.53 Å². The molecule has 5 heteroatoms. The van der Waals surface area contributed by atoms with Crippen LogP contribution in [0.5, 0.6) is 5.75 Å². The van der Waals surface area contributed by atoms with Gasteiger partial charge in [0, 0.05) is 4.90 Å². The van der Waals surface area contributed by atoms with Crippen molar-refractivity contribution in [2.75, 3.05) is 12.9 Å². The molecular formula is C16H16N2O2S. The first kappa shape index (κ1) is 15.1. The number of rotatable bonds is 6. The normalized spacial score (nSPS) is 10.5. The summed E-state index contributed by atoms with van der Waals surface area (Å²) in [4.78, 5) is 12.7. The topological polar surface area (TPSA) is 50.7 Å². The molecule has 1 N–H and O–H groups in total. The van der Waals surface area contributed by atoms with Crippen LogP contribution in [0.15, 0.2) is 64.6 Å². The molecule has 0 bridgehead atoms. The van der Waals surface area contributed by atoms with Gasteiger partial charge in [-0.15, -0.1) is 11.8 Å². The highest BCUT2D eigenvalue weighted by molar-refractivity contribution is 8.00. The second-order valence-electron chi connectivity index (χ2n) is 4.17. The van der Waals surface area contributed by atoms with Crippen molar-refractivity contribution in [2.45, 2.75) is 4.90 Å². The number of amides is 1. The molecule has 1 amide bonds. The molecule has 0 unspecified atom stereocenters. The Morgan fingerprint density at radius 1 is 1.24 bits per heavy atom. The smallest absolute Gasteiger partial charge is 0.250 e. The van der Waals surface area contributed by atoms with Gasteiger partial charge in [0.15, 0.2) is 0 Å². The molecule has 0 aliphatic rings. The third-order valence-corrected chi connectivity index (χ3v) is 3.62. The summed E-state index contributed by atoms with van der Waals surface area (Å²) in [6, 6.07) is 17.2. The van der Waals surface area contributed by atoms with E-state index in [1.54, 1.807) is 13.3 Å². The molecule has 0 aromatic heterocycles. The van der Waals surface area contributed by atoms with Gasteiger partial charge >= 0.3 is 0 Å². The Morgan fingerprint density at radius 3 is 2.81 bits per heavy atom. The van der Waals surface area contributed by atoms with Crippen LogP contribution in [0.4, 0.5) is 0 Å². The van der Waals surface area contributed by atoms with Crippen molar-refractivity contribution >= 4 is 23.9 Å². The molecule has 2 rings (SSSR count). The minimum absolute atomic E-state index is 0.136. The van der Waals surface area contributed by atoms with Crippen LogP contribution in [0.2, 0.25) is 0 Å². The second-order valence-corrected chi connectivity index (χ2v) is 5.22. The van der Waals surface area contributed by atoms with E-state index < -0.39 is 0 Å². The Balaban J connectivity index is 1.79. The van der Waals surface area contributed by atoms with Gasteiger partial charge in [-0.2, -0.15) is 5.10 Å². The predicted octanol–water partition coefficient (Wildman–Crippen LogP) is 2.94. The van der Waals surface area contributed by atoms with E-state index in [4.69, 9.17) is 4.74 Å². The number of carbonyl (C=O) groups is 1. The number of nitrogens with one attached hydrogen (secondary N) is 1. The molecule has 0 aliphatic heterocycles. The summed E-state index contributed by atoms with van der Waals surface area (Å²) in [5, 5.41) is 3.94. The molecule has 2 aromatic rings. The van der Waals surface area contributed by atoms with E-state index in [0.29, 0.717) is 5.75 Å². The van der Waals surface area contributed by atoms with Crippen molar-refractivity contribution in [3.63, 3.8) is 0 Å². The predicted molar refractivity (Wildman–Crippen MR) is 85.9 cm³/mol. The Bertz CT molecular complexity index is 615. The van der Waals surface area contributed by atoms with Gasteiger partial charge in [-0.1, -0.05) is 30.3 Å². The van der Waals surface area contributed by atoms with Crippen LogP contribution in [-0.4, -0.2) is 25.0 Å². The number of nitrogens with zero attached hydrogens (tertiary/aromatic N) is 1. The second kappa shape index (κ2) is 8.11. The van der Waals surface area contributed by atoms with E-state index in [0.717, 1.165) is 16.2 Å². The number of benzene rings is 2. The van der Waals surface area contributed by atoms with Crippen molar-refractivity contribution in [2.24, 2.45) is 5.10 Å². The van der Waals surface area contributed by atoms with E-state index in [-0.39, 0.29) is 5.91 Å². The number of hydrogen-bond donors (Lipinski definition) is 1. The first-order valence-electron chi connectivity index (χ1n) is 6.42. The fourth-order valence-corrected chi connectivity index (χ4v) is 2.31. The molecule has 0 fully saturated rings. The van der Waals surface area contributed by atoms with E-state index in [2.05, 4.69) is 10.5 Å². The zero-order valence-corrected chi connectivity index (χ0v) is 12.5. The monoisotopic (exact) mass is 300 g/mol. The van der Waals surface area contributed by atoms with E-state index >= 15 is 0 Å². The highest BCUT2D eigenvalue weighted by Gasteiger charge is 2.00. The minimum atomic E-state index is -0.136. The fourth-order valence-electron chi connectivity index (χ4n) is 1.60. The highest BCUT2D eigenvalue weighted by Crippen LogP contribution is 2.16. The molecule has 0 aliphatic carbocycles. The lowest BCUT2D eigenvalue weighted by Crippen LogP contribution is -2.19. The highest BCUT2D eigenvalue weighted by atomic mass is 32.2. The van der Waals surface area contributed by atoms with Gasteiger partial charge in [-0.25, -0.2) is 5.43 Å². The molecule has 4 nitrogen and oxygen atoms in total. The van der Waals surface area contributed by atoms with E-state index in [1.165, 1.54) is 11.8 Å². The molecule has 108 valence electrons. The lowest BCUT2D eigenvalue weighted by Gasteiger charge is -2.01. The van der Waals surface area contributed by atoms with Crippen molar-refractivity contribution in [3.8, 4) is 5.75 Å². The Kier molecular flexibility index (Phi) is 5.84. The quantitative estimate of drug-likeness (QED) is 0.507. The van der Waals surface area contributed by atoms with Crippen molar-refractivity contribution in [1.82, 2.24) is 5.43 Å². The third kappa shape index (κ3) is 5.31. The molecular weight excluding hydrogens is 284 g/mol. The van der Waals surface area contributed by atoms with Crippen LogP contribution in [0, 0.1) is 0 Å². The van der Waals surface area contributed by atoms with Gasteiger partial charge in [0.05, 0.1) is 19.1 Å². The van der Waals surface area contributed by atoms with Gasteiger partial charge in [0.2, 0.25) is 5.91 Å². The summed E-state index contributed by atoms with van der Waals surface area (Å²) >= 11 is 1.47. The first-order valence-corrected chi connectivity index (χ1v) is 7.40. The molecule has 21 heavy (non-hydrogen) atoms. The molecule has 0 radical (unpaired) electrons. The van der Waals surface area contributed by atoms with Gasteiger partial charge in [-0.05, 0) is 29.8 Å². The van der Waals surface area contributed by atoms with E-state index in [9.17, 15) is 4.79 Å². The standard InChI is InChI=1S/C16H16N2O2S/c1-20-14-7-5-6-13(10-14)11-17-18-16(19)12-21-15-8-3-2-4-9-15/h2-11H,12H2,1H3,(H,18,19)/b17-11-. The maximum Gasteiger partial charge on any atom is 0.250 e. The SMILES string of the molecule is COc1cccc(/C=N\NC(=O)CSc2ccccc2)c1. The number of hydrogen-bond acceptors (Lipinski definition) is 4. The van der Waals surface area contributed by atoms with Crippen LogP contribution in [-0.2, 0) is 4.79 Å². The molecule has 0 saturated heterocycles. The Morgan fingerprint density at radius 2 is 2.05 bits per heavy atom. The van der Waals surface area contributed by atoms with Gasteiger partial charge < -0.3 is 4.74 Å². The summed E-state index contributed by atoms with van der Waals surface area (Å²) in [5.41, 5.74) is 3.37. The first-order chi connectivity index (χ1) is 10.3. The summed E-state index contributed by atoms with van der Waals surface area (Å²) in [7, 11) is 1.61. The van der Waals surface area contributed by atoms with Crippen LogP contribution >= 0.6 is 11.8 Å². The van der Waals surface area contributed by atoms with Gasteiger partial charge in [0.1, 0.15) is 5.75 Å². The third-order valence-electron chi connectivity index (χ3n) is 2.61. The van der Waals surface area contributed by atoms with Crippen LogP contribution in [0.25, 0.3) is 0 Å². The number of thioether (sulfide) groups is 1. The van der Waals surface area contributed by atoms with Gasteiger partial charge in [-0.3, -0.25) is 4.79 Å². The summed E-state index contributed by atoms with van der Waals surface area (Å²) in [6.45, 7) is 0. The summed E-state index contributed by atoms with van der Waals surface area (Å²) in [6.07, 6.45) is 1.59. The lowest BCUT2D eigenvalue weighted by atomic mass is 10.2. The number of ether oxygens (including phenoxy) is 1. The van der Waals surface area contributed by atoms with Crippen LogP contribution < -0.4 is 10.2 Å². The Hall–Kier alpha value is -2.27. The molecule has 0 saturated carbocycles. The zero-order chi connectivity index (χ0) is 14.9. The maximum atomic E-state index is 11.7. The fraction of sp³-hybridized carbons (Fsp3) is 0.125. The van der Waals surface area contributed by atoms with Crippen molar-refractivity contribution in [1.29, 1.82) is 0 Å². The van der Waals surface area contributed by atoms with Gasteiger partial charge in [0.25, 0.3) is 0 Å². The van der Waals surface area contributed by atoms with Crippen LogP contribution in [0.3, 0.4) is 0 Å². The summed E-state index contributed by atoms with van der Waals surface area (Å²) < 4.78 is 5.12. The number of carbonyl (C=O) groups excluding carboxylic acids is 1. The summed E-state index contributed by atoms with van der Waals surface area (Å²) in [5.74, 6) is 0.951. The Labute approximate surface area is 128 Å². The average molecular weight is 300 g/mol. The molecule has 2 aromatic carbocycles. The molecule has 0 heterocycles.